The third kappa shape index (κ3) is 2.72. The van der Waals surface area contributed by atoms with Crippen molar-refractivity contribution in [3.63, 3.8) is 0 Å². The van der Waals surface area contributed by atoms with Crippen LogP contribution in [0.1, 0.15) is 15.9 Å². The van der Waals surface area contributed by atoms with E-state index in [2.05, 4.69) is 5.32 Å². The van der Waals surface area contributed by atoms with E-state index < -0.39 is 23.2 Å². The van der Waals surface area contributed by atoms with Gasteiger partial charge in [-0.05, 0) is 36.4 Å². The zero-order valence-corrected chi connectivity index (χ0v) is 10.0. The van der Waals surface area contributed by atoms with E-state index in [1.54, 1.807) is 0 Å². The van der Waals surface area contributed by atoms with Gasteiger partial charge in [0.25, 0.3) is 0 Å². The molecule has 0 saturated heterocycles. The molecule has 2 aromatic carbocycles. The maximum atomic E-state index is 13.5. The van der Waals surface area contributed by atoms with Crippen molar-refractivity contribution in [2.24, 2.45) is 0 Å². The number of halogens is 2. The molecule has 0 amide bonds. The normalized spacial score (nSPS) is 9.85. The molecule has 0 heterocycles. The molecule has 20 heavy (non-hydrogen) atoms. The molecule has 6 heteroatoms. The van der Waals surface area contributed by atoms with E-state index >= 15 is 0 Å². The standard InChI is InChI=1S/C14H8F2N2O2/c15-9-1-4-13(8(5-9)7-17)18-10-2-3-11(14(19)20)12(16)6-10/h1-6,18H,(H,19,20). The number of rotatable bonds is 3. The summed E-state index contributed by atoms with van der Waals surface area (Å²) >= 11 is 0. The van der Waals surface area contributed by atoms with Gasteiger partial charge in [0.05, 0.1) is 16.8 Å². The largest absolute Gasteiger partial charge is 0.478 e. The van der Waals surface area contributed by atoms with Crippen LogP contribution in [0.15, 0.2) is 36.4 Å². The first-order chi connectivity index (χ1) is 9.51. The number of hydrogen-bond acceptors (Lipinski definition) is 3. The minimum absolute atomic E-state index is 0.0627. The Kier molecular flexibility index (Phi) is 3.62. The van der Waals surface area contributed by atoms with Crippen LogP contribution in [0.25, 0.3) is 0 Å². The van der Waals surface area contributed by atoms with Crippen molar-refractivity contribution in [3.8, 4) is 6.07 Å². The van der Waals surface area contributed by atoms with Gasteiger partial charge in [-0.25, -0.2) is 13.6 Å². The van der Waals surface area contributed by atoms with Crippen molar-refractivity contribution >= 4 is 17.3 Å². The number of nitrogens with zero attached hydrogens (tertiary/aromatic N) is 1. The second kappa shape index (κ2) is 5.36. The van der Waals surface area contributed by atoms with Crippen LogP contribution in [0.5, 0.6) is 0 Å². The number of carboxylic acids is 1. The third-order valence-corrected chi connectivity index (χ3v) is 2.58. The Morgan fingerprint density at radius 1 is 1.20 bits per heavy atom. The summed E-state index contributed by atoms with van der Waals surface area (Å²) < 4.78 is 26.5. The van der Waals surface area contributed by atoms with Gasteiger partial charge in [-0.15, -0.1) is 0 Å². The molecule has 0 fully saturated rings. The van der Waals surface area contributed by atoms with Gasteiger partial charge >= 0.3 is 5.97 Å². The van der Waals surface area contributed by atoms with Gasteiger partial charge in [-0.2, -0.15) is 5.26 Å². The molecule has 0 aliphatic heterocycles. The summed E-state index contributed by atoms with van der Waals surface area (Å²) in [7, 11) is 0. The number of carboxylic acid groups (broad SMARTS) is 1. The summed E-state index contributed by atoms with van der Waals surface area (Å²) in [5, 5.41) is 20.3. The molecule has 4 nitrogen and oxygen atoms in total. The Morgan fingerprint density at radius 2 is 1.95 bits per heavy atom. The number of carbonyl (C=O) groups is 1. The van der Waals surface area contributed by atoms with Gasteiger partial charge < -0.3 is 10.4 Å². The molecule has 0 saturated carbocycles. The van der Waals surface area contributed by atoms with Crippen molar-refractivity contribution in [1.82, 2.24) is 0 Å². The molecule has 0 radical (unpaired) electrons. The highest BCUT2D eigenvalue weighted by atomic mass is 19.1. The lowest BCUT2D eigenvalue weighted by molar-refractivity contribution is 0.0692. The van der Waals surface area contributed by atoms with E-state index in [1.165, 1.54) is 12.1 Å². The fourth-order valence-electron chi connectivity index (χ4n) is 1.64. The molecular formula is C14H8F2N2O2. The van der Waals surface area contributed by atoms with Gasteiger partial charge in [-0.3, -0.25) is 0 Å². The molecule has 0 aromatic heterocycles. The number of nitriles is 1. The van der Waals surface area contributed by atoms with Crippen LogP contribution < -0.4 is 5.32 Å². The fraction of sp³-hybridized carbons (Fsp3) is 0. The highest BCUT2D eigenvalue weighted by Gasteiger charge is 2.11. The monoisotopic (exact) mass is 274 g/mol. The number of benzene rings is 2. The van der Waals surface area contributed by atoms with Gasteiger partial charge in [0, 0.05) is 5.69 Å². The molecule has 2 N–H and O–H groups in total. The zero-order chi connectivity index (χ0) is 14.7. The second-order valence-electron chi connectivity index (χ2n) is 3.93. The Labute approximate surface area is 112 Å². The van der Waals surface area contributed by atoms with Crippen molar-refractivity contribution in [2.45, 2.75) is 0 Å². The molecular weight excluding hydrogens is 266 g/mol. The first kappa shape index (κ1) is 13.5. The van der Waals surface area contributed by atoms with Crippen LogP contribution in [0.3, 0.4) is 0 Å². The van der Waals surface area contributed by atoms with Crippen molar-refractivity contribution in [1.29, 1.82) is 5.26 Å². The molecule has 2 rings (SSSR count). The number of anilines is 2. The molecule has 100 valence electrons. The summed E-state index contributed by atoms with van der Waals surface area (Å²) in [6.07, 6.45) is 0. The van der Waals surface area contributed by atoms with Crippen LogP contribution in [0, 0.1) is 23.0 Å². The molecule has 0 aliphatic carbocycles. The smallest absolute Gasteiger partial charge is 0.338 e. The van der Waals surface area contributed by atoms with Crippen molar-refractivity contribution in [3.05, 3.63) is 59.2 Å². The SMILES string of the molecule is N#Cc1cc(F)ccc1Nc1ccc(C(=O)O)c(F)c1. The summed E-state index contributed by atoms with van der Waals surface area (Å²) in [5.74, 6) is -2.82. The lowest BCUT2D eigenvalue weighted by Gasteiger charge is -2.09. The highest BCUT2D eigenvalue weighted by molar-refractivity contribution is 5.88. The summed E-state index contributed by atoms with van der Waals surface area (Å²) in [4.78, 5) is 10.7. The number of aromatic carboxylic acids is 1. The van der Waals surface area contributed by atoms with Crippen LogP contribution in [0.4, 0.5) is 20.2 Å². The van der Waals surface area contributed by atoms with E-state index in [9.17, 15) is 13.6 Å². The quantitative estimate of drug-likeness (QED) is 0.900. The van der Waals surface area contributed by atoms with Crippen LogP contribution in [-0.2, 0) is 0 Å². The van der Waals surface area contributed by atoms with E-state index in [1.807, 2.05) is 6.07 Å². The molecule has 0 unspecified atom stereocenters. The van der Waals surface area contributed by atoms with Gasteiger partial charge in [0.1, 0.15) is 17.7 Å². The summed E-state index contributed by atoms with van der Waals surface area (Å²) in [6.45, 7) is 0. The van der Waals surface area contributed by atoms with E-state index in [0.717, 1.165) is 24.3 Å². The van der Waals surface area contributed by atoms with E-state index in [-0.39, 0.29) is 11.3 Å². The minimum atomic E-state index is -1.37. The predicted molar refractivity (Wildman–Crippen MR) is 67.8 cm³/mol. The molecule has 0 bridgehead atoms. The van der Waals surface area contributed by atoms with Crippen LogP contribution in [-0.4, -0.2) is 11.1 Å². The van der Waals surface area contributed by atoms with Gasteiger partial charge in [0.2, 0.25) is 0 Å². The van der Waals surface area contributed by atoms with Crippen LogP contribution >= 0.6 is 0 Å². The number of hydrogen-bond donors (Lipinski definition) is 2. The lowest BCUT2D eigenvalue weighted by Crippen LogP contribution is -2.02. The minimum Gasteiger partial charge on any atom is -0.478 e. The van der Waals surface area contributed by atoms with E-state index in [4.69, 9.17) is 10.4 Å². The van der Waals surface area contributed by atoms with Crippen LogP contribution in [0.2, 0.25) is 0 Å². The summed E-state index contributed by atoms with van der Waals surface area (Å²) in [6, 6.07) is 8.82. The average molecular weight is 274 g/mol. The zero-order valence-electron chi connectivity index (χ0n) is 10.0. The van der Waals surface area contributed by atoms with Crippen molar-refractivity contribution in [2.75, 3.05) is 5.32 Å². The topological polar surface area (TPSA) is 73.1 Å². The Balaban J connectivity index is 2.34. The average Bonchev–Trinajstić information content (AvgIpc) is 2.40. The Bertz CT molecular complexity index is 724. The molecule has 0 spiro atoms. The van der Waals surface area contributed by atoms with Gasteiger partial charge in [-0.1, -0.05) is 0 Å². The molecule has 0 aliphatic rings. The summed E-state index contributed by atoms with van der Waals surface area (Å²) in [5.41, 5.74) is 0.176. The molecule has 2 aromatic rings. The Morgan fingerprint density at radius 3 is 2.55 bits per heavy atom. The second-order valence-corrected chi connectivity index (χ2v) is 3.93. The van der Waals surface area contributed by atoms with Crippen molar-refractivity contribution < 1.29 is 18.7 Å². The van der Waals surface area contributed by atoms with Gasteiger partial charge in [0.15, 0.2) is 0 Å². The fourth-order valence-corrected chi connectivity index (χ4v) is 1.64. The first-order valence-corrected chi connectivity index (χ1v) is 5.51. The lowest BCUT2D eigenvalue weighted by atomic mass is 10.1. The van der Waals surface area contributed by atoms with E-state index in [0.29, 0.717) is 5.69 Å². The third-order valence-electron chi connectivity index (χ3n) is 2.58. The first-order valence-electron chi connectivity index (χ1n) is 5.51. The maximum absolute atomic E-state index is 13.5. The molecule has 0 atom stereocenters. The highest BCUT2D eigenvalue weighted by Crippen LogP contribution is 2.23. The predicted octanol–water partition coefficient (Wildman–Crippen LogP) is 3.28. The Hall–Kier alpha value is -2.94. The maximum Gasteiger partial charge on any atom is 0.338 e. The number of nitrogens with one attached hydrogen (secondary N) is 1.